The molecule has 66 valence electrons. The maximum absolute atomic E-state index is 10.7. The Labute approximate surface area is 78.1 Å². The molecular weight excluding hydrogens is 160 g/mol. The highest BCUT2D eigenvalue weighted by atomic mass is 16.1. The van der Waals surface area contributed by atoms with Crippen LogP contribution in [0.4, 0.5) is 0 Å². The third-order valence-corrected chi connectivity index (χ3v) is 2.61. The molecule has 1 aromatic rings. The maximum Gasteiger partial charge on any atom is 0.146 e. The topological polar surface area (TPSA) is 17.1 Å². The summed E-state index contributed by atoms with van der Waals surface area (Å²) in [7, 11) is 0. The molecule has 0 bridgehead atoms. The largest absolute Gasteiger partial charge is 0.298 e. The molecule has 0 saturated heterocycles. The van der Waals surface area contributed by atoms with Gasteiger partial charge in [-0.2, -0.15) is 0 Å². The molecule has 1 aromatic carbocycles. The van der Waals surface area contributed by atoms with Gasteiger partial charge in [0.2, 0.25) is 0 Å². The molecule has 1 aliphatic carbocycles. The molecule has 1 heteroatoms. The number of benzene rings is 1. The van der Waals surface area contributed by atoms with Crippen LogP contribution in [0.25, 0.3) is 6.08 Å². The van der Waals surface area contributed by atoms with E-state index in [0.29, 0.717) is 5.92 Å². The van der Waals surface area contributed by atoms with Gasteiger partial charge in [0, 0.05) is 0 Å². The predicted octanol–water partition coefficient (Wildman–Crippen LogP) is 2.46. The highest BCUT2D eigenvalue weighted by Crippen LogP contribution is 2.26. The molecule has 13 heavy (non-hydrogen) atoms. The minimum absolute atomic E-state index is 0.368. The van der Waals surface area contributed by atoms with Crippen molar-refractivity contribution in [1.29, 1.82) is 0 Å². The Morgan fingerprint density at radius 3 is 2.92 bits per heavy atom. The van der Waals surface area contributed by atoms with Crippen LogP contribution in [0.15, 0.2) is 29.8 Å². The van der Waals surface area contributed by atoms with E-state index in [2.05, 4.69) is 19.1 Å². The van der Waals surface area contributed by atoms with Gasteiger partial charge < -0.3 is 0 Å². The van der Waals surface area contributed by atoms with E-state index in [-0.39, 0.29) is 0 Å². The van der Waals surface area contributed by atoms with Gasteiger partial charge in [0.15, 0.2) is 0 Å². The lowest BCUT2D eigenvalue weighted by Crippen LogP contribution is -2.10. The normalized spacial score (nSPS) is 20.4. The Morgan fingerprint density at radius 2 is 2.15 bits per heavy atom. The third kappa shape index (κ3) is 1.42. The van der Waals surface area contributed by atoms with Crippen molar-refractivity contribution in [2.75, 3.05) is 0 Å². The van der Waals surface area contributed by atoms with Crippen molar-refractivity contribution in [2.45, 2.75) is 13.3 Å². The molecule has 0 radical (unpaired) electrons. The summed E-state index contributed by atoms with van der Waals surface area (Å²) in [6, 6.07) is 8.24. The number of rotatable bonds is 1. The number of allylic oxidation sites excluding steroid dienone is 1. The van der Waals surface area contributed by atoms with Crippen LogP contribution in [0.1, 0.15) is 18.1 Å². The molecule has 1 unspecified atom stereocenters. The summed E-state index contributed by atoms with van der Waals surface area (Å²) in [6.07, 6.45) is 3.96. The summed E-state index contributed by atoms with van der Waals surface area (Å²) in [4.78, 5) is 10.7. The van der Waals surface area contributed by atoms with Crippen molar-refractivity contribution in [3.05, 3.63) is 41.0 Å². The summed E-state index contributed by atoms with van der Waals surface area (Å²) in [5, 5.41) is 0. The fourth-order valence-corrected chi connectivity index (χ4v) is 1.78. The van der Waals surface area contributed by atoms with Gasteiger partial charge >= 0.3 is 0 Å². The van der Waals surface area contributed by atoms with Crippen molar-refractivity contribution < 1.29 is 4.79 Å². The van der Waals surface area contributed by atoms with Gasteiger partial charge in [0.1, 0.15) is 6.29 Å². The smallest absolute Gasteiger partial charge is 0.146 e. The molecule has 0 fully saturated rings. The van der Waals surface area contributed by atoms with Crippen LogP contribution in [0, 0.1) is 5.92 Å². The van der Waals surface area contributed by atoms with E-state index in [1.165, 1.54) is 11.1 Å². The summed E-state index contributed by atoms with van der Waals surface area (Å²) in [5.41, 5.74) is 3.46. The molecule has 0 heterocycles. The quantitative estimate of drug-likeness (QED) is 0.595. The van der Waals surface area contributed by atoms with Crippen LogP contribution >= 0.6 is 0 Å². The lowest BCUT2D eigenvalue weighted by molar-refractivity contribution is -0.105. The summed E-state index contributed by atoms with van der Waals surface area (Å²) < 4.78 is 0. The van der Waals surface area contributed by atoms with Crippen LogP contribution in [0.5, 0.6) is 0 Å². The zero-order valence-corrected chi connectivity index (χ0v) is 7.66. The number of carbonyl (C=O) groups is 1. The average Bonchev–Trinajstić information content (AvgIpc) is 2.17. The Morgan fingerprint density at radius 1 is 1.38 bits per heavy atom. The Hall–Kier alpha value is -1.37. The molecule has 1 atom stereocenters. The second-order valence-corrected chi connectivity index (χ2v) is 3.57. The summed E-state index contributed by atoms with van der Waals surface area (Å²) in [6.45, 7) is 2.09. The Balaban J connectivity index is 2.49. The van der Waals surface area contributed by atoms with E-state index in [1.54, 1.807) is 0 Å². The van der Waals surface area contributed by atoms with Gasteiger partial charge in [-0.3, -0.25) is 4.79 Å². The van der Waals surface area contributed by atoms with E-state index >= 15 is 0 Å². The standard InChI is InChI=1S/C12H12O/c1-9-6-10-4-2-3-5-11(10)7-12(9)8-13/h2-5,7-9H,6H2,1H3. The van der Waals surface area contributed by atoms with Crippen molar-refractivity contribution in [2.24, 2.45) is 5.92 Å². The second kappa shape index (κ2) is 3.17. The van der Waals surface area contributed by atoms with Crippen molar-refractivity contribution in [3.8, 4) is 0 Å². The van der Waals surface area contributed by atoms with Gasteiger partial charge in [-0.1, -0.05) is 31.2 Å². The first-order chi connectivity index (χ1) is 6.31. The SMILES string of the molecule is CC1Cc2ccccc2C=C1C=O. The molecule has 0 spiro atoms. The van der Waals surface area contributed by atoms with Gasteiger partial charge in [-0.15, -0.1) is 0 Å². The molecule has 0 aromatic heterocycles. The fraction of sp³-hybridized carbons (Fsp3) is 0.250. The Kier molecular flexibility index (Phi) is 2.01. The first-order valence-electron chi connectivity index (χ1n) is 4.56. The molecule has 1 aliphatic rings. The molecule has 1 nitrogen and oxygen atoms in total. The van der Waals surface area contributed by atoms with E-state index in [0.717, 1.165) is 18.3 Å². The zero-order valence-electron chi connectivity index (χ0n) is 7.66. The molecule has 2 rings (SSSR count). The number of hydrogen-bond acceptors (Lipinski definition) is 1. The minimum atomic E-state index is 0.368. The van der Waals surface area contributed by atoms with Gasteiger partial charge in [-0.25, -0.2) is 0 Å². The average molecular weight is 172 g/mol. The second-order valence-electron chi connectivity index (χ2n) is 3.57. The molecule has 0 N–H and O–H groups in total. The van der Waals surface area contributed by atoms with E-state index in [9.17, 15) is 4.79 Å². The molecule has 0 saturated carbocycles. The first kappa shape index (κ1) is 8.24. The number of fused-ring (bicyclic) bond motifs is 1. The van der Waals surface area contributed by atoms with E-state index < -0.39 is 0 Å². The Bertz CT molecular complexity index is 363. The van der Waals surface area contributed by atoms with Crippen molar-refractivity contribution >= 4 is 12.4 Å². The summed E-state index contributed by atoms with van der Waals surface area (Å²) >= 11 is 0. The lowest BCUT2D eigenvalue weighted by Gasteiger charge is -2.19. The zero-order chi connectivity index (χ0) is 9.26. The molecule has 0 aliphatic heterocycles. The minimum Gasteiger partial charge on any atom is -0.298 e. The highest BCUT2D eigenvalue weighted by Gasteiger charge is 2.15. The van der Waals surface area contributed by atoms with Crippen LogP contribution in [-0.2, 0) is 11.2 Å². The van der Waals surface area contributed by atoms with Crippen LogP contribution < -0.4 is 0 Å². The van der Waals surface area contributed by atoms with Crippen LogP contribution in [0.3, 0.4) is 0 Å². The van der Waals surface area contributed by atoms with Gasteiger partial charge in [0.05, 0.1) is 0 Å². The fourth-order valence-electron chi connectivity index (χ4n) is 1.78. The van der Waals surface area contributed by atoms with Gasteiger partial charge in [-0.05, 0) is 35.1 Å². The molecule has 0 amide bonds. The van der Waals surface area contributed by atoms with Crippen molar-refractivity contribution in [1.82, 2.24) is 0 Å². The number of hydrogen-bond donors (Lipinski definition) is 0. The van der Waals surface area contributed by atoms with E-state index in [4.69, 9.17) is 0 Å². The van der Waals surface area contributed by atoms with E-state index in [1.807, 2.05) is 18.2 Å². The predicted molar refractivity (Wildman–Crippen MR) is 53.4 cm³/mol. The van der Waals surface area contributed by atoms with Crippen LogP contribution in [-0.4, -0.2) is 6.29 Å². The summed E-state index contributed by atoms with van der Waals surface area (Å²) in [5.74, 6) is 0.368. The van der Waals surface area contributed by atoms with Crippen molar-refractivity contribution in [3.63, 3.8) is 0 Å². The number of carbonyl (C=O) groups excluding carboxylic acids is 1. The molecular formula is C12H12O. The number of aldehydes is 1. The third-order valence-electron chi connectivity index (χ3n) is 2.61. The van der Waals surface area contributed by atoms with Gasteiger partial charge in [0.25, 0.3) is 0 Å². The monoisotopic (exact) mass is 172 g/mol. The first-order valence-corrected chi connectivity index (χ1v) is 4.56. The maximum atomic E-state index is 10.7. The highest BCUT2D eigenvalue weighted by molar-refractivity contribution is 5.84. The lowest BCUT2D eigenvalue weighted by atomic mass is 9.85. The van der Waals surface area contributed by atoms with Crippen LogP contribution in [0.2, 0.25) is 0 Å².